The van der Waals surface area contributed by atoms with Crippen molar-refractivity contribution >= 4 is 5.91 Å². The number of pyridine rings is 1. The summed E-state index contributed by atoms with van der Waals surface area (Å²) in [6, 6.07) is 5.72. The molecule has 0 bridgehead atoms. The van der Waals surface area contributed by atoms with E-state index in [0.717, 1.165) is 12.1 Å². The lowest BCUT2D eigenvalue weighted by Gasteiger charge is -2.00. The van der Waals surface area contributed by atoms with Crippen molar-refractivity contribution in [3.8, 4) is 0 Å². The Morgan fingerprint density at radius 3 is 3.00 bits per heavy atom. The van der Waals surface area contributed by atoms with E-state index in [1.807, 2.05) is 18.2 Å². The van der Waals surface area contributed by atoms with Crippen molar-refractivity contribution in [3.05, 3.63) is 37.0 Å². The summed E-state index contributed by atoms with van der Waals surface area (Å²) in [5.41, 5.74) is 0.978. The molecule has 12 heavy (non-hydrogen) atoms. The number of hydrogen-bond donors (Lipinski definition) is 1. The molecule has 0 aliphatic rings. The maximum atomic E-state index is 10.4. The SMILES string of the molecule is [CH2]C(=O)NCCc1ccccn1. The minimum atomic E-state index is -0.245. The number of rotatable bonds is 3. The average Bonchev–Trinajstić information content (AvgIpc) is 2.05. The normalized spacial score (nSPS) is 9.42. The zero-order valence-corrected chi connectivity index (χ0v) is 6.79. The molecule has 0 atom stereocenters. The minimum Gasteiger partial charge on any atom is -0.356 e. The van der Waals surface area contributed by atoms with Crippen LogP contribution in [0.15, 0.2) is 24.4 Å². The Morgan fingerprint density at radius 2 is 2.42 bits per heavy atom. The lowest BCUT2D eigenvalue weighted by atomic mass is 10.3. The summed E-state index contributed by atoms with van der Waals surface area (Å²) in [6.45, 7) is 3.80. The van der Waals surface area contributed by atoms with E-state index < -0.39 is 0 Å². The molecule has 0 spiro atoms. The predicted molar refractivity (Wildman–Crippen MR) is 46.3 cm³/mol. The van der Waals surface area contributed by atoms with Crippen molar-refractivity contribution < 1.29 is 4.79 Å². The molecule has 0 unspecified atom stereocenters. The van der Waals surface area contributed by atoms with E-state index in [1.54, 1.807) is 6.20 Å². The molecule has 0 saturated carbocycles. The van der Waals surface area contributed by atoms with Crippen LogP contribution in [0.3, 0.4) is 0 Å². The van der Waals surface area contributed by atoms with Crippen molar-refractivity contribution in [2.45, 2.75) is 6.42 Å². The third-order valence-electron chi connectivity index (χ3n) is 1.43. The maximum Gasteiger partial charge on any atom is 0.220 e. The van der Waals surface area contributed by atoms with Crippen LogP contribution < -0.4 is 5.32 Å². The monoisotopic (exact) mass is 163 g/mol. The number of aromatic nitrogens is 1. The first-order valence-corrected chi connectivity index (χ1v) is 3.79. The average molecular weight is 163 g/mol. The highest BCUT2D eigenvalue weighted by Gasteiger charge is 1.93. The van der Waals surface area contributed by atoms with Gasteiger partial charge in [0.1, 0.15) is 0 Å². The number of amides is 1. The van der Waals surface area contributed by atoms with Gasteiger partial charge in [-0.25, -0.2) is 0 Å². The molecule has 1 radical (unpaired) electrons. The minimum absolute atomic E-state index is 0.245. The summed E-state index contributed by atoms with van der Waals surface area (Å²) in [6.07, 6.45) is 2.49. The number of nitrogens with zero attached hydrogens (tertiary/aromatic N) is 1. The van der Waals surface area contributed by atoms with Crippen LogP contribution in [0.4, 0.5) is 0 Å². The zero-order valence-electron chi connectivity index (χ0n) is 6.79. The van der Waals surface area contributed by atoms with Crippen LogP contribution in [0.25, 0.3) is 0 Å². The van der Waals surface area contributed by atoms with Gasteiger partial charge < -0.3 is 5.32 Å². The molecule has 3 heteroatoms. The Bertz CT molecular complexity index is 246. The van der Waals surface area contributed by atoms with Gasteiger partial charge >= 0.3 is 0 Å². The molecule has 0 fully saturated rings. The summed E-state index contributed by atoms with van der Waals surface area (Å²) in [7, 11) is 0. The lowest BCUT2D eigenvalue weighted by Crippen LogP contribution is -2.22. The van der Waals surface area contributed by atoms with Crippen molar-refractivity contribution in [2.24, 2.45) is 0 Å². The highest BCUT2D eigenvalue weighted by atomic mass is 16.1. The van der Waals surface area contributed by atoms with Crippen LogP contribution >= 0.6 is 0 Å². The number of hydrogen-bond acceptors (Lipinski definition) is 2. The van der Waals surface area contributed by atoms with Gasteiger partial charge in [0, 0.05) is 31.8 Å². The van der Waals surface area contributed by atoms with Crippen LogP contribution in [0.1, 0.15) is 5.69 Å². The lowest BCUT2D eigenvalue weighted by molar-refractivity contribution is -0.116. The first-order valence-electron chi connectivity index (χ1n) is 3.79. The molecule has 0 aliphatic heterocycles. The second-order valence-corrected chi connectivity index (χ2v) is 2.42. The van der Waals surface area contributed by atoms with Gasteiger partial charge in [0.15, 0.2) is 0 Å². The Labute approximate surface area is 71.8 Å². The fourth-order valence-electron chi connectivity index (χ4n) is 0.876. The van der Waals surface area contributed by atoms with Gasteiger partial charge in [0.2, 0.25) is 5.91 Å². The van der Waals surface area contributed by atoms with Crippen LogP contribution in [0, 0.1) is 6.92 Å². The summed E-state index contributed by atoms with van der Waals surface area (Å²) in [5, 5.41) is 2.60. The van der Waals surface area contributed by atoms with Crippen LogP contribution in [0.2, 0.25) is 0 Å². The summed E-state index contributed by atoms with van der Waals surface area (Å²) >= 11 is 0. The molecule has 63 valence electrons. The Hall–Kier alpha value is -1.38. The largest absolute Gasteiger partial charge is 0.356 e. The summed E-state index contributed by atoms with van der Waals surface area (Å²) in [4.78, 5) is 14.5. The fourth-order valence-corrected chi connectivity index (χ4v) is 0.876. The molecule has 0 saturated heterocycles. The molecule has 1 aromatic rings. The van der Waals surface area contributed by atoms with E-state index in [0.29, 0.717) is 6.54 Å². The van der Waals surface area contributed by atoms with Gasteiger partial charge in [-0.15, -0.1) is 0 Å². The summed E-state index contributed by atoms with van der Waals surface area (Å²) < 4.78 is 0. The quantitative estimate of drug-likeness (QED) is 0.708. The fraction of sp³-hybridized carbons (Fsp3) is 0.222. The van der Waals surface area contributed by atoms with Gasteiger partial charge in [-0.3, -0.25) is 9.78 Å². The van der Waals surface area contributed by atoms with E-state index in [-0.39, 0.29) is 5.91 Å². The van der Waals surface area contributed by atoms with E-state index in [1.165, 1.54) is 0 Å². The van der Waals surface area contributed by atoms with Crippen molar-refractivity contribution in [3.63, 3.8) is 0 Å². The predicted octanol–water partition coefficient (Wildman–Crippen LogP) is 0.574. The second-order valence-electron chi connectivity index (χ2n) is 2.42. The molecule has 1 aromatic heterocycles. The summed E-state index contributed by atoms with van der Waals surface area (Å²) in [5.74, 6) is -0.245. The maximum absolute atomic E-state index is 10.4. The number of carbonyl (C=O) groups excluding carboxylic acids is 1. The Balaban J connectivity index is 2.29. The highest BCUT2D eigenvalue weighted by molar-refractivity contribution is 5.79. The standard InChI is InChI=1S/C9H11N2O/c1-8(12)10-7-5-9-4-2-3-6-11-9/h2-4,6H,1,5,7H2,(H,10,12). The highest BCUT2D eigenvalue weighted by Crippen LogP contribution is 1.92. The first kappa shape index (κ1) is 8.71. The number of carbonyl (C=O) groups is 1. The molecule has 1 heterocycles. The Kier molecular flexibility index (Phi) is 3.26. The van der Waals surface area contributed by atoms with E-state index in [9.17, 15) is 4.79 Å². The molecule has 1 amide bonds. The first-order chi connectivity index (χ1) is 5.79. The Morgan fingerprint density at radius 1 is 1.58 bits per heavy atom. The van der Waals surface area contributed by atoms with E-state index in [4.69, 9.17) is 0 Å². The van der Waals surface area contributed by atoms with Crippen LogP contribution in [-0.2, 0) is 11.2 Å². The van der Waals surface area contributed by atoms with Crippen LogP contribution in [0.5, 0.6) is 0 Å². The third-order valence-corrected chi connectivity index (χ3v) is 1.43. The molecule has 0 aromatic carbocycles. The van der Waals surface area contributed by atoms with Gasteiger partial charge in [0.25, 0.3) is 0 Å². The van der Waals surface area contributed by atoms with Gasteiger partial charge in [-0.2, -0.15) is 0 Å². The van der Waals surface area contributed by atoms with Gasteiger partial charge in [0.05, 0.1) is 0 Å². The third kappa shape index (κ3) is 3.14. The van der Waals surface area contributed by atoms with Gasteiger partial charge in [-0.05, 0) is 12.1 Å². The van der Waals surface area contributed by atoms with Crippen molar-refractivity contribution in [1.82, 2.24) is 10.3 Å². The van der Waals surface area contributed by atoms with Crippen molar-refractivity contribution in [2.75, 3.05) is 6.54 Å². The molecular weight excluding hydrogens is 152 g/mol. The smallest absolute Gasteiger partial charge is 0.220 e. The van der Waals surface area contributed by atoms with E-state index >= 15 is 0 Å². The topological polar surface area (TPSA) is 42.0 Å². The molecular formula is C9H11N2O. The van der Waals surface area contributed by atoms with Crippen molar-refractivity contribution in [1.29, 1.82) is 0 Å². The zero-order chi connectivity index (χ0) is 8.81. The van der Waals surface area contributed by atoms with Gasteiger partial charge in [-0.1, -0.05) is 6.07 Å². The molecule has 1 N–H and O–H groups in total. The molecule has 0 aliphatic carbocycles. The molecule has 1 rings (SSSR count). The number of nitrogens with one attached hydrogen (secondary N) is 1. The molecule has 3 nitrogen and oxygen atoms in total. The van der Waals surface area contributed by atoms with Crippen LogP contribution in [-0.4, -0.2) is 17.4 Å². The second kappa shape index (κ2) is 4.49. The van der Waals surface area contributed by atoms with E-state index in [2.05, 4.69) is 17.2 Å².